The Kier molecular flexibility index (Phi) is 7.56. The van der Waals surface area contributed by atoms with Crippen molar-refractivity contribution in [2.24, 2.45) is 0 Å². The fourth-order valence-corrected chi connectivity index (χ4v) is 4.75. The van der Waals surface area contributed by atoms with E-state index in [0.29, 0.717) is 13.2 Å². The van der Waals surface area contributed by atoms with E-state index in [2.05, 4.69) is 34.9 Å². The van der Waals surface area contributed by atoms with Crippen molar-refractivity contribution in [3.63, 3.8) is 0 Å². The summed E-state index contributed by atoms with van der Waals surface area (Å²) in [5, 5.41) is 7.20. The van der Waals surface area contributed by atoms with Crippen molar-refractivity contribution in [3.05, 3.63) is 36.2 Å². The van der Waals surface area contributed by atoms with Crippen molar-refractivity contribution in [1.29, 1.82) is 0 Å². The number of ether oxygens (including phenoxy) is 4. The first-order chi connectivity index (χ1) is 17.3. The third kappa shape index (κ3) is 5.05. The Morgan fingerprint density at radius 1 is 1.08 bits per heavy atom. The summed E-state index contributed by atoms with van der Waals surface area (Å²) < 4.78 is 65.9. The molecule has 0 aromatic carbocycles. The molecule has 4 heterocycles. The quantitative estimate of drug-likeness (QED) is 0.423. The molecule has 0 bridgehead atoms. The molecule has 0 aliphatic carbocycles. The van der Waals surface area contributed by atoms with Crippen molar-refractivity contribution >= 4 is 16.0 Å². The smallest absolute Gasteiger partial charge is 0.245 e. The fourth-order valence-electron chi connectivity index (χ4n) is 3.52. The Bertz CT molecular complexity index is 1280. The molecule has 3 aromatic heterocycles. The van der Waals surface area contributed by atoms with E-state index in [1.807, 2.05) is 0 Å². The van der Waals surface area contributed by atoms with E-state index in [9.17, 15) is 12.8 Å². The number of anilines is 1. The van der Waals surface area contributed by atoms with Gasteiger partial charge in [-0.3, -0.25) is 9.29 Å². The van der Waals surface area contributed by atoms with Gasteiger partial charge >= 0.3 is 0 Å². The zero-order chi connectivity index (χ0) is 25.9. The van der Waals surface area contributed by atoms with Gasteiger partial charge in [-0.1, -0.05) is 6.92 Å². The average Bonchev–Trinajstić information content (AvgIpc) is 3.30. The van der Waals surface area contributed by atoms with Crippen molar-refractivity contribution < 1.29 is 31.8 Å². The highest BCUT2D eigenvalue weighted by Crippen LogP contribution is 2.35. The fraction of sp³-hybridized carbons (Fsp3) is 0.500. The molecular weight excluding hydrogens is 499 g/mol. The van der Waals surface area contributed by atoms with Gasteiger partial charge in [0.25, 0.3) is 0 Å². The van der Waals surface area contributed by atoms with Gasteiger partial charge in [-0.05, 0) is 6.92 Å². The van der Waals surface area contributed by atoms with Gasteiger partial charge in [0.2, 0.25) is 27.7 Å². The van der Waals surface area contributed by atoms with Crippen molar-refractivity contribution in [1.82, 2.24) is 34.7 Å². The molecule has 3 atom stereocenters. The second-order valence-electron chi connectivity index (χ2n) is 7.79. The molecule has 1 saturated heterocycles. The third-order valence-corrected chi connectivity index (χ3v) is 7.49. The van der Waals surface area contributed by atoms with Crippen LogP contribution in [-0.2, 0) is 19.5 Å². The molecule has 1 aliphatic rings. The van der Waals surface area contributed by atoms with Crippen LogP contribution in [0.1, 0.15) is 37.5 Å². The van der Waals surface area contributed by atoms with Crippen LogP contribution in [0, 0.1) is 5.82 Å². The van der Waals surface area contributed by atoms with Crippen LogP contribution >= 0.6 is 0 Å². The summed E-state index contributed by atoms with van der Waals surface area (Å²) in [7, 11) is -1.31. The summed E-state index contributed by atoms with van der Waals surface area (Å²) >= 11 is 0. The Labute approximate surface area is 206 Å². The first-order valence-electron chi connectivity index (χ1n) is 10.8. The number of nitrogens with zero attached hydrogens (tertiary/aromatic N) is 7. The maximum absolute atomic E-state index is 13.4. The number of sulfonamides is 1. The number of hydrogen-bond donors (Lipinski definition) is 1. The van der Waals surface area contributed by atoms with Crippen LogP contribution in [-0.4, -0.2) is 82.4 Å². The molecule has 0 saturated carbocycles. The van der Waals surface area contributed by atoms with Crippen LogP contribution in [0.4, 0.5) is 10.3 Å². The highest BCUT2D eigenvalue weighted by atomic mass is 32.2. The molecule has 0 amide bonds. The average molecular weight is 525 g/mol. The summed E-state index contributed by atoms with van der Waals surface area (Å²) in [6, 6.07) is 0. The van der Waals surface area contributed by atoms with E-state index >= 15 is 0 Å². The highest BCUT2D eigenvalue weighted by molar-refractivity contribution is 7.93. The number of hydrogen-bond acceptors (Lipinski definition) is 12. The maximum Gasteiger partial charge on any atom is 0.245 e. The van der Waals surface area contributed by atoms with Gasteiger partial charge in [-0.25, -0.2) is 22.8 Å². The van der Waals surface area contributed by atoms with Crippen LogP contribution in [0.3, 0.4) is 0 Å². The first-order valence-corrected chi connectivity index (χ1v) is 12.4. The summed E-state index contributed by atoms with van der Waals surface area (Å²) in [5.74, 6) is -0.919. The number of halogens is 1. The van der Waals surface area contributed by atoms with E-state index in [0.717, 1.165) is 12.4 Å². The Hall–Kier alpha value is -3.50. The van der Waals surface area contributed by atoms with E-state index in [1.54, 1.807) is 6.92 Å². The summed E-state index contributed by atoms with van der Waals surface area (Å²) in [6.45, 7) is 3.98. The minimum atomic E-state index is -4.10. The zero-order valence-electron chi connectivity index (χ0n) is 20.0. The molecule has 36 heavy (non-hydrogen) atoms. The van der Waals surface area contributed by atoms with Gasteiger partial charge in [0, 0.05) is 5.92 Å². The van der Waals surface area contributed by atoms with E-state index in [4.69, 9.17) is 18.9 Å². The van der Waals surface area contributed by atoms with Crippen molar-refractivity contribution in [2.45, 2.75) is 31.1 Å². The van der Waals surface area contributed by atoms with Crippen LogP contribution in [0.25, 0.3) is 5.69 Å². The van der Waals surface area contributed by atoms with Crippen molar-refractivity contribution in [3.8, 4) is 17.4 Å². The van der Waals surface area contributed by atoms with Gasteiger partial charge in [0.15, 0.2) is 17.3 Å². The molecule has 1 N–H and O–H groups in total. The molecule has 1 aliphatic heterocycles. The predicted octanol–water partition coefficient (Wildman–Crippen LogP) is 1.03. The largest absolute Gasteiger partial charge is 0.479 e. The molecule has 0 radical (unpaired) electrons. The van der Waals surface area contributed by atoms with E-state index in [-0.39, 0.29) is 41.7 Å². The minimum Gasteiger partial charge on any atom is -0.479 e. The lowest BCUT2D eigenvalue weighted by molar-refractivity contribution is -0.0941. The van der Waals surface area contributed by atoms with Crippen molar-refractivity contribution in [2.75, 3.05) is 38.8 Å². The lowest BCUT2D eigenvalue weighted by Crippen LogP contribution is -2.32. The summed E-state index contributed by atoms with van der Waals surface area (Å²) in [6.07, 6.45) is 2.54. The molecule has 4 rings (SSSR count). The molecule has 14 nitrogen and oxygen atoms in total. The maximum atomic E-state index is 13.4. The predicted molar refractivity (Wildman–Crippen MR) is 122 cm³/mol. The standard InChI is InChI=1S/C20H25FN8O6S/c1-11(16-22-7-13(21)8-23-16)12(2)36(30,31)28-20-27-26-17(14-9-34-5-6-35-14)29(20)15-18(32-3)24-10-25-19(15)33-4/h7-8,10-12,14H,5-6,9H2,1-4H3,(H,27,28)/t11-,12-,14+/m0/s1. The number of nitrogens with one attached hydrogen (secondary N) is 1. The van der Waals surface area contributed by atoms with Gasteiger partial charge in [-0.2, -0.15) is 9.97 Å². The molecular formula is C20H25FN8O6S. The van der Waals surface area contributed by atoms with Gasteiger partial charge in [-0.15, -0.1) is 10.2 Å². The number of methoxy groups -OCH3 is 2. The monoisotopic (exact) mass is 524 g/mol. The Balaban J connectivity index is 1.77. The van der Waals surface area contributed by atoms with Gasteiger partial charge < -0.3 is 18.9 Å². The topological polar surface area (TPSA) is 165 Å². The first kappa shape index (κ1) is 25.6. The Morgan fingerprint density at radius 2 is 1.75 bits per heavy atom. The lowest BCUT2D eigenvalue weighted by atomic mass is 10.1. The SMILES string of the molecule is COc1ncnc(OC)c1-n1c(NS(=O)(=O)[C@@H](C)[C@H](C)c2ncc(F)cn2)nnc1[C@H]1COCCO1. The highest BCUT2D eigenvalue weighted by Gasteiger charge is 2.34. The van der Waals surface area contributed by atoms with Crippen LogP contribution < -0.4 is 14.2 Å². The molecule has 1 fully saturated rings. The molecule has 194 valence electrons. The second kappa shape index (κ2) is 10.6. The lowest BCUT2D eigenvalue weighted by Gasteiger charge is -2.24. The van der Waals surface area contributed by atoms with Crippen LogP contribution in [0.5, 0.6) is 11.8 Å². The molecule has 0 unspecified atom stereocenters. The second-order valence-corrected chi connectivity index (χ2v) is 9.83. The number of aromatic nitrogens is 7. The zero-order valence-corrected chi connectivity index (χ0v) is 20.8. The Morgan fingerprint density at radius 3 is 2.33 bits per heavy atom. The molecule has 16 heteroatoms. The van der Waals surface area contributed by atoms with E-state index < -0.39 is 33.1 Å². The third-order valence-electron chi connectivity index (χ3n) is 5.63. The van der Waals surface area contributed by atoms with E-state index in [1.165, 1.54) is 32.0 Å². The minimum absolute atomic E-state index is 0.0844. The summed E-state index contributed by atoms with van der Waals surface area (Å²) in [4.78, 5) is 16.0. The summed E-state index contributed by atoms with van der Waals surface area (Å²) in [5.41, 5.74) is 0.164. The van der Waals surface area contributed by atoms with Crippen LogP contribution in [0.15, 0.2) is 18.7 Å². The molecule has 3 aromatic rings. The molecule has 0 spiro atoms. The van der Waals surface area contributed by atoms with Gasteiger partial charge in [0.05, 0.1) is 51.7 Å². The number of rotatable bonds is 9. The normalized spacial score (nSPS) is 17.9. The van der Waals surface area contributed by atoms with Crippen LogP contribution in [0.2, 0.25) is 0 Å². The van der Waals surface area contributed by atoms with Gasteiger partial charge in [0.1, 0.15) is 18.3 Å².